The Kier molecular flexibility index (Phi) is 7.81. The van der Waals surface area contributed by atoms with Crippen molar-refractivity contribution >= 4 is 27.3 Å². The molecule has 2 N–H and O–H groups in total. The number of aliphatic hydroxyl groups is 1. The summed E-state index contributed by atoms with van der Waals surface area (Å²) in [6.45, 7) is 1.68. The zero-order chi connectivity index (χ0) is 28.7. The van der Waals surface area contributed by atoms with Crippen molar-refractivity contribution in [1.29, 1.82) is 0 Å². The van der Waals surface area contributed by atoms with Crippen LogP contribution in [0, 0.1) is 5.92 Å². The fraction of sp³-hybridized carbons (Fsp3) is 0.481. The number of fused-ring (bicyclic) bond motifs is 1. The number of aliphatic hydroxyl groups excluding tert-OH is 1. The Morgan fingerprint density at radius 3 is 2.62 bits per heavy atom. The van der Waals surface area contributed by atoms with E-state index in [0.717, 1.165) is 12.8 Å². The number of carbonyl (C=O) groups is 2. The number of alkyl halides is 3. The summed E-state index contributed by atoms with van der Waals surface area (Å²) in [5.74, 6) is -1.71. The predicted molar refractivity (Wildman–Crippen MR) is 138 cm³/mol. The number of halogens is 3. The molecule has 0 radical (unpaired) electrons. The van der Waals surface area contributed by atoms with E-state index in [4.69, 9.17) is 0 Å². The second-order valence-corrected chi connectivity index (χ2v) is 12.6. The SMILES string of the molecule is O=C1CS(=O)(=O)c2ccc(CC(=O)N(CC3CC3)[C@H](CN3CC[C@H](O)C3)c3cccc(OC(F)(F)F)c3)cc2N1. The lowest BCUT2D eigenvalue weighted by Gasteiger charge is -2.35. The summed E-state index contributed by atoms with van der Waals surface area (Å²) in [6, 6.07) is 9.37. The fourth-order valence-electron chi connectivity index (χ4n) is 5.28. The molecule has 1 aliphatic carbocycles. The van der Waals surface area contributed by atoms with Crippen LogP contribution in [0.3, 0.4) is 0 Å². The van der Waals surface area contributed by atoms with E-state index in [1.807, 2.05) is 4.90 Å². The van der Waals surface area contributed by atoms with E-state index in [-0.39, 0.29) is 34.6 Å². The van der Waals surface area contributed by atoms with Crippen LogP contribution in [-0.2, 0) is 25.8 Å². The van der Waals surface area contributed by atoms with Crippen LogP contribution in [0.25, 0.3) is 0 Å². The normalized spacial score (nSPS) is 21.4. The van der Waals surface area contributed by atoms with Crippen molar-refractivity contribution in [2.75, 3.05) is 37.2 Å². The molecule has 0 unspecified atom stereocenters. The number of anilines is 1. The van der Waals surface area contributed by atoms with Gasteiger partial charge in [0.2, 0.25) is 11.8 Å². The zero-order valence-electron chi connectivity index (χ0n) is 21.6. The summed E-state index contributed by atoms with van der Waals surface area (Å²) in [4.78, 5) is 29.4. The molecule has 2 aromatic rings. The maximum absolute atomic E-state index is 13.8. The van der Waals surface area contributed by atoms with Gasteiger partial charge in [-0.1, -0.05) is 18.2 Å². The number of benzene rings is 2. The summed E-state index contributed by atoms with van der Waals surface area (Å²) in [5.41, 5.74) is 1.09. The number of hydrogen-bond donors (Lipinski definition) is 2. The summed E-state index contributed by atoms with van der Waals surface area (Å²) < 4.78 is 67.8. The zero-order valence-corrected chi connectivity index (χ0v) is 22.4. The molecular formula is C27H30F3N3O6S. The van der Waals surface area contributed by atoms with Crippen molar-refractivity contribution in [3.05, 3.63) is 53.6 Å². The summed E-state index contributed by atoms with van der Waals surface area (Å²) in [5, 5.41) is 12.6. The van der Waals surface area contributed by atoms with E-state index in [1.54, 1.807) is 11.0 Å². The van der Waals surface area contributed by atoms with Gasteiger partial charge in [-0.25, -0.2) is 8.42 Å². The van der Waals surface area contributed by atoms with E-state index in [1.165, 1.54) is 36.4 Å². The van der Waals surface area contributed by atoms with Gasteiger partial charge in [-0.2, -0.15) is 0 Å². The van der Waals surface area contributed by atoms with Gasteiger partial charge in [0.15, 0.2) is 9.84 Å². The van der Waals surface area contributed by atoms with Crippen molar-refractivity contribution < 1.29 is 41.0 Å². The molecule has 0 spiro atoms. The number of β-amino-alcohol motifs (C(OH)–C–C–N with tert-alkyl or cyclic N) is 1. The molecule has 2 fully saturated rings. The van der Waals surface area contributed by atoms with E-state index < -0.39 is 40.0 Å². The van der Waals surface area contributed by atoms with E-state index >= 15 is 0 Å². The van der Waals surface area contributed by atoms with Gasteiger partial charge in [0, 0.05) is 26.2 Å². The van der Waals surface area contributed by atoms with E-state index in [0.29, 0.717) is 43.7 Å². The van der Waals surface area contributed by atoms with Crippen molar-refractivity contribution in [1.82, 2.24) is 9.80 Å². The Morgan fingerprint density at radius 1 is 1.18 bits per heavy atom. The van der Waals surface area contributed by atoms with Gasteiger partial charge in [-0.3, -0.25) is 14.5 Å². The first-order valence-electron chi connectivity index (χ1n) is 13.1. The molecule has 1 saturated heterocycles. The molecule has 2 atom stereocenters. The first kappa shape index (κ1) is 28.4. The lowest BCUT2D eigenvalue weighted by Crippen LogP contribution is -2.43. The molecule has 216 valence electrons. The van der Waals surface area contributed by atoms with E-state index in [2.05, 4.69) is 10.1 Å². The molecule has 40 heavy (non-hydrogen) atoms. The Bertz CT molecular complexity index is 1400. The second kappa shape index (κ2) is 11.0. The molecule has 0 bridgehead atoms. The highest BCUT2D eigenvalue weighted by Gasteiger charge is 2.36. The number of ether oxygens (including phenoxy) is 1. The smallest absolute Gasteiger partial charge is 0.406 e. The van der Waals surface area contributed by atoms with Crippen LogP contribution in [-0.4, -0.2) is 79.5 Å². The number of sulfone groups is 1. The largest absolute Gasteiger partial charge is 0.573 e. The number of hydrogen-bond acceptors (Lipinski definition) is 7. The number of amides is 2. The van der Waals surface area contributed by atoms with Crippen LogP contribution in [0.15, 0.2) is 47.4 Å². The van der Waals surface area contributed by atoms with Gasteiger partial charge in [0.1, 0.15) is 11.5 Å². The van der Waals surface area contributed by atoms with Gasteiger partial charge >= 0.3 is 6.36 Å². The van der Waals surface area contributed by atoms with Crippen molar-refractivity contribution in [2.45, 2.75) is 49.1 Å². The Labute approximate surface area is 229 Å². The number of nitrogens with one attached hydrogen (secondary N) is 1. The molecule has 2 aromatic carbocycles. The number of carbonyl (C=O) groups excluding carboxylic acids is 2. The standard InChI is InChI=1S/C27H30F3N3O6S/c28-27(29,30)39-21-3-1-2-19(12-21)23(15-32-9-8-20(34)14-32)33(13-17-4-5-17)26(36)11-18-6-7-24-22(10-18)31-25(35)16-40(24,37)38/h1-3,6-7,10,12,17,20,23,34H,4-5,8-9,11,13-16H2,(H,31,35)/t20-,23+/m0/s1. The van der Waals surface area contributed by atoms with E-state index in [9.17, 15) is 36.3 Å². The first-order valence-corrected chi connectivity index (χ1v) is 14.7. The third kappa shape index (κ3) is 6.94. The van der Waals surface area contributed by atoms with Crippen LogP contribution in [0.4, 0.5) is 18.9 Å². The van der Waals surface area contributed by atoms with Crippen molar-refractivity contribution in [3.8, 4) is 5.75 Å². The molecule has 5 rings (SSSR count). The minimum Gasteiger partial charge on any atom is -0.406 e. The average Bonchev–Trinajstić information content (AvgIpc) is 3.58. The van der Waals surface area contributed by atoms with Crippen molar-refractivity contribution in [3.63, 3.8) is 0 Å². The predicted octanol–water partition coefficient (Wildman–Crippen LogP) is 2.90. The van der Waals surface area contributed by atoms with Crippen LogP contribution < -0.4 is 10.1 Å². The fourth-order valence-corrected chi connectivity index (χ4v) is 6.57. The maximum atomic E-state index is 13.8. The lowest BCUT2D eigenvalue weighted by molar-refractivity contribution is -0.274. The molecule has 2 heterocycles. The molecule has 13 heteroatoms. The Balaban J connectivity index is 1.45. The topological polar surface area (TPSA) is 116 Å². The quantitative estimate of drug-likeness (QED) is 0.468. The van der Waals surface area contributed by atoms with Gasteiger partial charge < -0.3 is 20.1 Å². The highest BCUT2D eigenvalue weighted by Crippen LogP contribution is 2.36. The third-order valence-electron chi connectivity index (χ3n) is 7.33. The molecular weight excluding hydrogens is 551 g/mol. The molecule has 3 aliphatic rings. The minimum absolute atomic E-state index is 0.00918. The summed E-state index contributed by atoms with van der Waals surface area (Å²) in [7, 11) is -3.77. The van der Waals surface area contributed by atoms with Gasteiger partial charge in [-0.15, -0.1) is 13.2 Å². The summed E-state index contributed by atoms with van der Waals surface area (Å²) >= 11 is 0. The molecule has 1 saturated carbocycles. The molecule has 2 amide bonds. The highest BCUT2D eigenvalue weighted by molar-refractivity contribution is 7.92. The van der Waals surface area contributed by atoms with Crippen LogP contribution in [0.2, 0.25) is 0 Å². The van der Waals surface area contributed by atoms with Crippen LogP contribution in [0.5, 0.6) is 5.75 Å². The second-order valence-electron chi connectivity index (χ2n) is 10.6. The van der Waals surface area contributed by atoms with Gasteiger partial charge in [0.05, 0.1) is 29.1 Å². The molecule has 0 aromatic heterocycles. The first-order chi connectivity index (χ1) is 18.9. The maximum Gasteiger partial charge on any atom is 0.573 e. The Hall–Kier alpha value is -3.16. The minimum atomic E-state index is -4.87. The van der Waals surface area contributed by atoms with Gasteiger partial charge in [0.25, 0.3) is 0 Å². The number of nitrogens with zero attached hydrogens (tertiary/aromatic N) is 2. The number of likely N-dealkylation sites (tertiary alicyclic amines) is 1. The molecule has 9 nitrogen and oxygen atoms in total. The molecule has 2 aliphatic heterocycles. The third-order valence-corrected chi connectivity index (χ3v) is 9.00. The highest BCUT2D eigenvalue weighted by atomic mass is 32.2. The van der Waals surface area contributed by atoms with Crippen LogP contribution in [0.1, 0.15) is 36.4 Å². The van der Waals surface area contributed by atoms with Gasteiger partial charge in [-0.05, 0) is 60.6 Å². The van der Waals surface area contributed by atoms with Crippen molar-refractivity contribution in [2.24, 2.45) is 5.92 Å². The lowest BCUT2D eigenvalue weighted by atomic mass is 10.0. The average molecular weight is 582 g/mol. The van der Waals surface area contributed by atoms with Crippen LogP contribution >= 0.6 is 0 Å². The summed E-state index contributed by atoms with van der Waals surface area (Å²) in [6.07, 6.45) is -3.07. The Morgan fingerprint density at radius 2 is 1.95 bits per heavy atom. The monoisotopic (exact) mass is 581 g/mol. The number of rotatable bonds is 9.